The number of benzene rings is 3. The number of nitrogens with zero attached hydrogens (tertiary/aromatic N) is 3. The van der Waals surface area contributed by atoms with E-state index in [9.17, 15) is 0 Å². The van der Waals surface area contributed by atoms with Crippen LogP contribution in [0.2, 0.25) is 0 Å². The van der Waals surface area contributed by atoms with E-state index in [1.807, 2.05) is 97.1 Å². The van der Waals surface area contributed by atoms with Gasteiger partial charge in [-0.2, -0.15) is 4.85 Å². The van der Waals surface area contributed by atoms with E-state index in [0.717, 1.165) is 33.6 Å². The SMILES string of the molecule is [C-]#[N+]c1ccc[c-]c1-c1ncccc1-c1ccccc1.[Ir].[c-]1ccccc1-c1ccccn1. The normalized spacial score (nSPS) is 9.55. The van der Waals surface area contributed by atoms with Gasteiger partial charge >= 0.3 is 0 Å². The van der Waals surface area contributed by atoms with Gasteiger partial charge in [0, 0.05) is 38.2 Å². The molecule has 2 heterocycles. The molecule has 3 aromatic carbocycles. The molecule has 0 aliphatic carbocycles. The third-order valence-electron chi connectivity index (χ3n) is 4.73. The van der Waals surface area contributed by atoms with Gasteiger partial charge in [0.25, 0.3) is 0 Å². The molecule has 0 N–H and O–H groups in total. The van der Waals surface area contributed by atoms with Crippen molar-refractivity contribution in [3.05, 3.63) is 139 Å². The van der Waals surface area contributed by atoms with Crippen LogP contribution in [-0.4, -0.2) is 9.97 Å². The maximum absolute atomic E-state index is 7.29. The molecule has 0 aliphatic heterocycles. The van der Waals surface area contributed by atoms with Gasteiger partial charge in [0.05, 0.1) is 0 Å². The molecule has 5 aromatic rings. The van der Waals surface area contributed by atoms with Crippen molar-refractivity contribution < 1.29 is 20.1 Å². The Labute approximate surface area is 208 Å². The fourth-order valence-electron chi connectivity index (χ4n) is 3.24. The van der Waals surface area contributed by atoms with E-state index in [2.05, 4.69) is 26.9 Å². The average molecular weight is 602 g/mol. The number of hydrogen-bond acceptors (Lipinski definition) is 2. The summed E-state index contributed by atoms with van der Waals surface area (Å²) in [7, 11) is 0. The van der Waals surface area contributed by atoms with Gasteiger partial charge < -0.3 is 9.97 Å². The summed E-state index contributed by atoms with van der Waals surface area (Å²) in [5, 5.41) is 0. The zero-order valence-electron chi connectivity index (χ0n) is 17.6. The Morgan fingerprint density at radius 2 is 1.42 bits per heavy atom. The summed E-state index contributed by atoms with van der Waals surface area (Å²) in [6, 6.07) is 39.4. The molecule has 0 atom stereocenters. The first kappa shape index (κ1) is 23.8. The van der Waals surface area contributed by atoms with E-state index >= 15 is 0 Å². The predicted molar refractivity (Wildman–Crippen MR) is 129 cm³/mol. The van der Waals surface area contributed by atoms with Crippen molar-refractivity contribution in [1.82, 2.24) is 9.97 Å². The first-order valence-corrected chi connectivity index (χ1v) is 10.1. The zero-order valence-corrected chi connectivity index (χ0v) is 20.0. The first-order valence-electron chi connectivity index (χ1n) is 10.1. The Hall–Kier alpha value is -3.90. The molecule has 0 spiro atoms. The molecule has 4 heteroatoms. The van der Waals surface area contributed by atoms with E-state index in [0.29, 0.717) is 5.69 Å². The van der Waals surface area contributed by atoms with Gasteiger partial charge in [-0.3, -0.25) is 0 Å². The number of aromatic nitrogens is 2. The Balaban J connectivity index is 0.000000202. The van der Waals surface area contributed by atoms with Gasteiger partial charge in [-0.1, -0.05) is 54.6 Å². The fourth-order valence-corrected chi connectivity index (χ4v) is 3.24. The van der Waals surface area contributed by atoms with Crippen LogP contribution in [0.15, 0.2) is 116 Å². The predicted octanol–water partition coefficient (Wildman–Crippen LogP) is 7.31. The van der Waals surface area contributed by atoms with Gasteiger partial charge in [-0.15, -0.1) is 54.1 Å². The molecule has 0 saturated heterocycles. The molecule has 0 saturated carbocycles. The van der Waals surface area contributed by atoms with Crippen LogP contribution in [0.25, 0.3) is 38.5 Å². The second-order valence-corrected chi connectivity index (χ2v) is 6.80. The van der Waals surface area contributed by atoms with E-state index in [-0.39, 0.29) is 20.1 Å². The topological polar surface area (TPSA) is 30.1 Å². The van der Waals surface area contributed by atoms with Crippen LogP contribution >= 0.6 is 0 Å². The minimum atomic E-state index is 0. The van der Waals surface area contributed by atoms with E-state index in [1.54, 1.807) is 18.5 Å². The van der Waals surface area contributed by atoms with E-state index in [4.69, 9.17) is 6.57 Å². The third kappa shape index (κ3) is 6.08. The summed E-state index contributed by atoms with van der Waals surface area (Å²) in [6.07, 6.45) is 3.53. The minimum Gasteiger partial charge on any atom is -0.305 e. The average Bonchev–Trinajstić information content (AvgIpc) is 2.90. The number of rotatable bonds is 3. The van der Waals surface area contributed by atoms with Crippen molar-refractivity contribution in [3.63, 3.8) is 0 Å². The van der Waals surface area contributed by atoms with Gasteiger partial charge in [-0.05, 0) is 34.5 Å². The quantitative estimate of drug-likeness (QED) is 0.203. The molecule has 0 fully saturated rings. The van der Waals surface area contributed by atoms with Gasteiger partial charge in [0.15, 0.2) is 0 Å². The third-order valence-corrected chi connectivity index (χ3v) is 4.73. The molecule has 0 bridgehead atoms. The minimum absolute atomic E-state index is 0. The standard InChI is InChI=1S/C18H11N2.C11H8N.Ir/c1-19-17-12-6-5-10-16(17)18-15(11-7-13-20-18)14-8-3-2-4-9-14;1-2-6-10(7-3-1)11-8-4-5-9-12-11;/h2-9,11-13H;1-6,8-9H;/q2*-1;. The van der Waals surface area contributed by atoms with Crippen LogP contribution in [0.5, 0.6) is 0 Å². The van der Waals surface area contributed by atoms with Crippen molar-refractivity contribution in [1.29, 1.82) is 0 Å². The summed E-state index contributed by atoms with van der Waals surface area (Å²) < 4.78 is 0. The van der Waals surface area contributed by atoms with Crippen molar-refractivity contribution in [3.8, 4) is 33.6 Å². The molecule has 0 amide bonds. The zero-order chi connectivity index (χ0) is 22.0. The molecule has 0 aliphatic rings. The second-order valence-electron chi connectivity index (χ2n) is 6.80. The Bertz CT molecular complexity index is 1280. The van der Waals surface area contributed by atoms with E-state index < -0.39 is 0 Å². The molecule has 1 radical (unpaired) electrons. The van der Waals surface area contributed by atoms with Crippen LogP contribution in [0.1, 0.15) is 0 Å². The molecule has 2 aromatic heterocycles. The van der Waals surface area contributed by atoms with Gasteiger partial charge in [0.2, 0.25) is 5.69 Å². The molecular weight excluding hydrogens is 583 g/mol. The van der Waals surface area contributed by atoms with Crippen LogP contribution in [0, 0.1) is 18.7 Å². The van der Waals surface area contributed by atoms with E-state index in [1.165, 1.54) is 0 Å². The number of hydrogen-bond donors (Lipinski definition) is 0. The largest absolute Gasteiger partial charge is 0.305 e. The Kier molecular flexibility index (Phi) is 8.79. The van der Waals surface area contributed by atoms with Gasteiger partial charge in [0.1, 0.15) is 6.57 Å². The molecule has 0 unspecified atom stereocenters. The van der Waals surface area contributed by atoms with Crippen molar-refractivity contribution >= 4 is 5.69 Å². The number of pyridine rings is 2. The Morgan fingerprint density at radius 3 is 2.15 bits per heavy atom. The van der Waals surface area contributed by atoms with Crippen LogP contribution < -0.4 is 0 Å². The molecule has 3 nitrogen and oxygen atoms in total. The summed E-state index contributed by atoms with van der Waals surface area (Å²) in [4.78, 5) is 12.2. The van der Waals surface area contributed by atoms with Crippen LogP contribution in [0.3, 0.4) is 0 Å². The summed E-state index contributed by atoms with van der Waals surface area (Å²) in [6.45, 7) is 7.29. The van der Waals surface area contributed by atoms with Crippen LogP contribution in [0.4, 0.5) is 5.69 Å². The van der Waals surface area contributed by atoms with Crippen molar-refractivity contribution in [2.45, 2.75) is 0 Å². The smallest absolute Gasteiger partial charge is 0.235 e. The fraction of sp³-hybridized carbons (Fsp3) is 0. The second kappa shape index (κ2) is 12.2. The first-order chi connectivity index (χ1) is 15.9. The Morgan fingerprint density at radius 1 is 0.667 bits per heavy atom. The van der Waals surface area contributed by atoms with Crippen LogP contribution in [-0.2, 0) is 20.1 Å². The summed E-state index contributed by atoms with van der Waals surface area (Å²) >= 11 is 0. The maximum Gasteiger partial charge on any atom is 0.235 e. The van der Waals surface area contributed by atoms with Crippen molar-refractivity contribution in [2.24, 2.45) is 0 Å². The molecule has 33 heavy (non-hydrogen) atoms. The summed E-state index contributed by atoms with van der Waals surface area (Å²) in [5.74, 6) is 0. The van der Waals surface area contributed by atoms with Gasteiger partial charge in [-0.25, -0.2) is 0 Å². The molecule has 5 rings (SSSR count). The monoisotopic (exact) mass is 602 g/mol. The maximum atomic E-state index is 7.29. The summed E-state index contributed by atoms with van der Waals surface area (Å²) in [5.41, 5.74) is 6.23. The molecule has 161 valence electrons. The molecular formula is C29H19IrN3-2. The van der Waals surface area contributed by atoms with Crippen molar-refractivity contribution in [2.75, 3.05) is 0 Å².